The summed E-state index contributed by atoms with van der Waals surface area (Å²) in [6.07, 6.45) is 3.13. The topological polar surface area (TPSA) is 30.0 Å². The lowest BCUT2D eigenvalue weighted by molar-refractivity contribution is 0.104. The Morgan fingerprint density at radius 2 is 1.69 bits per heavy atom. The maximum Gasteiger partial charge on any atom is 0.188 e. The van der Waals surface area contributed by atoms with E-state index in [1.807, 2.05) is 62.4 Å². The summed E-state index contributed by atoms with van der Waals surface area (Å²) < 4.78 is 13.4. The minimum Gasteiger partial charge on any atom is -0.289 e. The van der Waals surface area contributed by atoms with Gasteiger partial charge in [-0.1, -0.05) is 66.2 Å². The van der Waals surface area contributed by atoms with Crippen LogP contribution in [0, 0.1) is 19.7 Å². The maximum absolute atomic E-state index is 13.4. The Hall–Kier alpha value is -3.59. The summed E-state index contributed by atoms with van der Waals surface area (Å²) >= 11 is 0. The van der Waals surface area contributed by atoms with Crippen LogP contribution in [0.15, 0.2) is 78.9 Å². The van der Waals surface area contributed by atoms with Crippen LogP contribution >= 0.6 is 0 Å². The minimum atomic E-state index is -0.330. The van der Waals surface area contributed by atoms with Crippen LogP contribution in [0.25, 0.3) is 28.1 Å². The van der Waals surface area contributed by atoms with Gasteiger partial charge in [-0.15, -0.1) is 0 Å². The second kappa shape index (κ2) is 7.80. The van der Waals surface area contributed by atoms with Gasteiger partial charge in [0.05, 0.1) is 11.1 Å². The fourth-order valence-electron chi connectivity index (χ4n) is 3.52. The van der Waals surface area contributed by atoms with Gasteiger partial charge < -0.3 is 0 Å². The number of carbonyl (C=O) groups excluding carboxylic acids is 1. The Morgan fingerprint density at radius 1 is 0.931 bits per heavy atom. The van der Waals surface area contributed by atoms with Gasteiger partial charge in [-0.25, -0.2) is 4.39 Å². The van der Waals surface area contributed by atoms with Gasteiger partial charge in [0.15, 0.2) is 5.78 Å². The predicted molar refractivity (Wildman–Crippen MR) is 116 cm³/mol. The van der Waals surface area contributed by atoms with Crippen LogP contribution in [0.5, 0.6) is 0 Å². The molecule has 0 atom stereocenters. The van der Waals surface area contributed by atoms with Gasteiger partial charge in [0.2, 0.25) is 0 Å². The van der Waals surface area contributed by atoms with Crippen molar-refractivity contribution in [3.8, 4) is 11.1 Å². The summed E-state index contributed by atoms with van der Waals surface area (Å²) in [4.78, 5) is 17.9. The molecule has 4 rings (SSSR count). The molecule has 2 nitrogen and oxygen atoms in total. The number of aryl methyl sites for hydroxylation is 2. The van der Waals surface area contributed by atoms with Crippen molar-refractivity contribution in [2.24, 2.45) is 0 Å². The van der Waals surface area contributed by atoms with Crippen LogP contribution in [-0.4, -0.2) is 10.8 Å². The lowest BCUT2D eigenvalue weighted by atomic mass is 9.91. The highest BCUT2D eigenvalue weighted by atomic mass is 19.1. The van der Waals surface area contributed by atoms with Gasteiger partial charge in [-0.2, -0.15) is 0 Å². The Bertz CT molecular complexity index is 1240. The molecule has 0 bridgehead atoms. The molecule has 4 aromatic rings. The standard InChI is InChI=1S/C26H20FNO/c1-17-10-13-20(14-11-17)26-22-8-3-4-9-23(22)28-18(2)25(26)24(29)15-12-19-6-5-7-21(27)16-19/h3-16H,1-2H3. The first-order valence-corrected chi connectivity index (χ1v) is 9.47. The molecule has 1 aromatic heterocycles. The molecule has 0 saturated heterocycles. The summed E-state index contributed by atoms with van der Waals surface area (Å²) in [5, 5.41) is 0.935. The molecule has 3 aromatic carbocycles. The number of hydrogen-bond acceptors (Lipinski definition) is 2. The molecule has 0 radical (unpaired) electrons. The zero-order valence-electron chi connectivity index (χ0n) is 16.3. The smallest absolute Gasteiger partial charge is 0.188 e. The molecule has 0 fully saturated rings. The van der Waals surface area contributed by atoms with Crippen molar-refractivity contribution in [2.45, 2.75) is 13.8 Å². The molecule has 0 aliphatic carbocycles. The van der Waals surface area contributed by atoms with E-state index in [0.29, 0.717) is 16.8 Å². The first-order valence-electron chi connectivity index (χ1n) is 9.47. The van der Waals surface area contributed by atoms with E-state index in [1.165, 1.54) is 18.2 Å². The number of ketones is 1. The zero-order chi connectivity index (χ0) is 20.4. The SMILES string of the molecule is Cc1ccc(-c2c(C(=O)C=Cc3cccc(F)c3)c(C)nc3ccccc23)cc1. The van der Waals surface area contributed by atoms with Crippen molar-refractivity contribution in [3.05, 3.63) is 107 Å². The Labute approximate surface area is 169 Å². The molecule has 29 heavy (non-hydrogen) atoms. The third-order valence-electron chi connectivity index (χ3n) is 4.94. The van der Waals surface area contributed by atoms with Crippen LogP contribution in [0.1, 0.15) is 27.2 Å². The van der Waals surface area contributed by atoms with Crippen LogP contribution in [0.4, 0.5) is 4.39 Å². The molecule has 0 spiro atoms. The van der Waals surface area contributed by atoms with Crippen LogP contribution in [0.2, 0.25) is 0 Å². The number of allylic oxidation sites excluding steroid dienone is 1. The van der Waals surface area contributed by atoms with E-state index >= 15 is 0 Å². The van der Waals surface area contributed by atoms with E-state index < -0.39 is 0 Å². The van der Waals surface area contributed by atoms with Crippen LogP contribution < -0.4 is 0 Å². The molecule has 0 unspecified atom stereocenters. The van der Waals surface area contributed by atoms with Gasteiger partial charge in [0.25, 0.3) is 0 Å². The highest BCUT2D eigenvalue weighted by molar-refractivity contribution is 6.16. The molecular formula is C26H20FNO. The lowest BCUT2D eigenvalue weighted by Gasteiger charge is -2.14. The largest absolute Gasteiger partial charge is 0.289 e. The first kappa shape index (κ1) is 18.8. The fraction of sp³-hybridized carbons (Fsp3) is 0.0769. The summed E-state index contributed by atoms with van der Waals surface area (Å²) in [5.41, 5.74) is 5.74. The lowest BCUT2D eigenvalue weighted by Crippen LogP contribution is -2.05. The molecule has 0 aliphatic rings. The number of nitrogens with zero attached hydrogens (tertiary/aromatic N) is 1. The maximum atomic E-state index is 13.4. The number of rotatable bonds is 4. The van der Waals surface area contributed by atoms with Gasteiger partial charge in [0, 0.05) is 16.6 Å². The highest BCUT2D eigenvalue weighted by Gasteiger charge is 2.18. The average molecular weight is 381 g/mol. The third-order valence-corrected chi connectivity index (χ3v) is 4.94. The van der Waals surface area contributed by atoms with E-state index in [0.717, 1.165) is 27.6 Å². The molecule has 3 heteroatoms. The fourth-order valence-corrected chi connectivity index (χ4v) is 3.52. The van der Waals surface area contributed by atoms with Gasteiger partial charge >= 0.3 is 0 Å². The van der Waals surface area contributed by atoms with Gasteiger partial charge in [-0.3, -0.25) is 9.78 Å². The van der Waals surface area contributed by atoms with Crippen molar-refractivity contribution in [1.82, 2.24) is 4.98 Å². The number of fused-ring (bicyclic) bond motifs is 1. The van der Waals surface area contributed by atoms with Crippen molar-refractivity contribution in [3.63, 3.8) is 0 Å². The van der Waals surface area contributed by atoms with Gasteiger partial charge in [0.1, 0.15) is 5.82 Å². The average Bonchev–Trinajstić information content (AvgIpc) is 2.72. The third kappa shape index (κ3) is 3.85. The monoisotopic (exact) mass is 381 g/mol. The molecule has 0 amide bonds. The number of hydrogen-bond donors (Lipinski definition) is 0. The Morgan fingerprint density at radius 3 is 2.45 bits per heavy atom. The second-order valence-corrected chi connectivity index (χ2v) is 7.08. The summed E-state index contributed by atoms with van der Waals surface area (Å²) in [6, 6.07) is 22.1. The first-order chi connectivity index (χ1) is 14.0. The molecule has 0 saturated carbocycles. The Balaban J connectivity index is 1.89. The van der Waals surface area contributed by atoms with E-state index in [4.69, 9.17) is 0 Å². The molecular weight excluding hydrogens is 361 g/mol. The van der Waals surface area contributed by atoms with E-state index in [-0.39, 0.29) is 11.6 Å². The Kier molecular flexibility index (Phi) is 5.05. The number of aromatic nitrogens is 1. The van der Waals surface area contributed by atoms with Crippen molar-refractivity contribution in [1.29, 1.82) is 0 Å². The van der Waals surface area contributed by atoms with Crippen LogP contribution in [-0.2, 0) is 0 Å². The normalized spacial score (nSPS) is 11.3. The van der Waals surface area contributed by atoms with Crippen molar-refractivity contribution in [2.75, 3.05) is 0 Å². The summed E-state index contributed by atoms with van der Waals surface area (Å²) in [7, 11) is 0. The number of benzene rings is 3. The van der Waals surface area contributed by atoms with Crippen molar-refractivity contribution >= 4 is 22.8 Å². The summed E-state index contributed by atoms with van der Waals surface area (Å²) in [6.45, 7) is 3.89. The number of halogens is 1. The second-order valence-electron chi connectivity index (χ2n) is 7.08. The number of carbonyl (C=O) groups is 1. The number of pyridine rings is 1. The summed E-state index contributed by atoms with van der Waals surface area (Å²) in [5.74, 6) is -0.482. The van der Waals surface area contributed by atoms with Gasteiger partial charge in [-0.05, 0) is 49.2 Å². The van der Waals surface area contributed by atoms with Crippen LogP contribution in [0.3, 0.4) is 0 Å². The highest BCUT2D eigenvalue weighted by Crippen LogP contribution is 2.33. The molecule has 0 aliphatic heterocycles. The molecule has 1 heterocycles. The van der Waals surface area contributed by atoms with E-state index in [1.54, 1.807) is 18.2 Å². The van der Waals surface area contributed by atoms with E-state index in [9.17, 15) is 9.18 Å². The van der Waals surface area contributed by atoms with Crippen molar-refractivity contribution < 1.29 is 9.18 Å². The number of para-hydroxylation sites is 1. The predicted octanol–water partition coefficient (Wildman–Crippen LogP) is 6.55. The molecule has 0 N–H and O–H groups in total. The van der Waals surface area contributed by atoms with E-state index in [2.05, 4.69) is 4.98 Å². The molecule has 142 valence electrons. The minimum absolute atomic E-state index is 0.152. The zero-order valence-corrected chi connectivity index (χ0v) is 16.3. The quantitative estimate of drug-likeness (QED) is 0.296.